The fourth-order valence-electron chi connectivity index (χ4n) is 2.01. The minimum absolute atomic E-state index is 0.704. The number of nitrogens with zero attached hydrogens (tertiary/aromatic N) is 1. The zero-order valence-electron chi connectivity index (χ0n) is 11.0. The largest absolute Gasteiger partial charge is 0.314 e. The first-order valence-electron chi connectivity index (χ1n) is 6.52. The van der Waals surface area contributed by atoms with Crippen molar-refractivity contribution >= 4 is 0 Å². The second-order valence-corrected chi connectivity index (χ2v) is 5.38. The normalized spacial score (nSPS) is 20.9. The first-order valence-corrected chi connectivity index (χ1v) is 6.52. The number of hydrogen-bond donors (Lipinski definition) is 1. The maximum atomic E-state index is 5.32. The minimum atomic E-state index is 0.704. The van der Waals surface area contributed by atoms with E-state index in [4.69, 9.17) is 6.42 Å². The van der Waals surface area contributed by atoms with E-state index in [1.807, 2.05) is 0 Å². The van der Waals surface area contributed by atoms with Crippen molar-refractivity contribution in [3.05, 3.63) is 0 Å². The molecule has 0 aromatic carbocycles. The maximum Gasteiger partial charge on any atom is 0.0598 e. The Balaban J connectivity index is 2.15. The SMILES string of the molecule is C#CCN1CCC(NCC(C)C(C)C)CC1. The highest BCUT2D eigenvalue weighted by atomic mass is 15.1. The maximum absolute atomic E-state index is 5.32. The highest BCUT2D eigenvalue weighted by Gasteiger charge is 2.18. The Kier molecular flexibility index (Phi) is 5.87. The lowest BCUT2D eigenvalue weighted by Gasteiger charge is -2.32. The van der Waals surface area contributed by atoms with E-state index in [1.54, 1.807) is 0 Å². The molecule has 2 nitrogen and oxygen atoms in total. The molecule has 0 aromatic rings. The Morgan fingerprint density at radius 1 is 1.31 bits per heavy atom. The zero-order valence-corrected chi connectivity index (χ0v) is 11.0. The molecule has 1 fully saturated rings. The molecule has 2 heteroatoms. The van der Waals surface area contributed by atoms with Gasteiger partial charge in [-0.05, 0) is 31.2 Å². The number of terminal acetylenes is 1. The summed E-state index contributed by atoms with van der Waals surface area (Å²) in [6, 6.07) is 0.704. The number of piperidine rings is 1. The van der Waals surface area contributed by atoms with Crippen LogP contribution in [-0.4, -0.2) is 37.1 Å². The highest BCUT2D eigenvalue weighted by molar-refractivity contribution is 4.90. The van der Waals surface area contributed by atoms with Crippen LogP contribution >= 0.6 is 0 Å². The first kappa shape index (κ1) is 13.5. The Morgan fingerprint density at radius 3 is 2.44 bits per heavy atom. The summed E-state index contributed by atoms with van der Waals surface area (Å²) in [7, 11) is 0. The van der Waals surface area contributed by atoms with Crippen LogP contribution in [-0.2, 0) is 0 Å². The van der Waals surface area contributed by atoms with Crippen LogP contribution in [0.3, 0.4) is 0 Å². The van der Waals surface area contributed by atoms with Crippen LogP contribution in [0.2, 0.25) is 0 Å². The van der Waals surface area contributed by atoms with Crippen molar-refractivity contribution in [1.29, 1.82) is 0 Å². The number of likely N-dealkylation sites (tertiary alicyclic amines) is 1. The molecule has 1 heterocycles. The van der Waals surface area contributed by atoms with Gasteiger partial charge in [0.25, 0.3) is 0 Å². The second-order valence-electron chi connectivity index (χ2n) is 5.38. The third kappa shape index (κ3) is 4.55. The molecule has 1 saturated heterocycles. The van der Waals surface area contributed by atoms with E-state index in [9.17, 15) is 0 Å². The molecule has 0 radical (unpaired) electrons. The summed E-state index contributed by atoms with van der Waals surface area (Å²) in [5.74, 6) is 4.26. The van der Waals surface area contributed by atoms with Crippen LogP contribution in [0.5, 0.6) is 0 Å². The fraction of sp³-hybridized carbons (Fsp3) is 0.857. The number of rotatable bonds is 5. The molecule has 0 amide bonds. The summed E-state index contributed by atoms with van der Waals surface area (Å²) in [6.45, 7) is 11.2. The fourth-order valence-corrected chi connectivity index (χ4v) is 2.01. The summed E-state index contributed by atoms with van der Waals surface area (Å²) in [5, 5.41) is 3.69. The lowest BCUT2D eigenvalue weighted by Crippen LogP contribution is -2.44. The monoisotopic (exact) mass is 222 g/mol. The molecule has 1 atom stereocenters. The minimum Gasteiger partial charge on any atom is -0.314 e. The van der Waals surface area contributed by atoms with Crippen molar-refractivity contribution in [1.82, 2.24) is 10.2 Å². The van der Waals surface area contributed by atoms with E-state index in [2.05, 4.69) is 36.9 Å². The van der Waals surface area contributed by atoms with Gasteiger partial charge in [-0.3, -0.25) is 4.90 Å². The summed E-state index contributed by atoms with van der Waals surface area (Å²) >= 11 is 0. The van der Waals surface area contributed by atoms with E-state index in [-0.39, 0.29) is 0 Å². The molecule has 0 bridgehead atoms. The molecular weight excluding hydrogens is 196 g/mol. The van der Waals surface area contributed by atoms with E-state index >= 15 is 0 Å². The molecule has 1 rings (SSSR count). The lowest BCUT2D eigenvalue weighted by atomic mass is 9.97. The third-order valence-electron chi connectivity index (χ3n) is 3.77. The first-order chi connectivity index (χ1) is 7.63. The molecule has 0 aliphatic carbocycles. The van der Waals surface area contributed by atoms with Gasteiger partial charge in [0, 0.05) is 19.1 Å². The Bertz CT molecular complexity index is 221. The molecule has 1 N–H and O–H groups in total. The van der Waals surface area contributed by atoms with E-state index < -0.39 is 0 Å². The van der Waals surface area contributed by atoms with Gasteiger partial charge in [-0.2, -0.15) is 0 Å². The smallest absolute Gasteiger partial charge is 0.0598 e. The van der Waals surface area contributed by atoms with Gasteiger partial charge >= 0.3 is 0 Å². The Hall–Kier alpha value is -0.520. The van der Waals surface area contributed by atoms with Crippen molar-refractivity contribution in [2.24, 2.45) is 11.8 Å². The standard InChI is InChI=1S/C14H26N2/c1-5-8-16-9-6-14(7-10-16)15-11-13(4)12(2)3/h1,12-15H,6-11H2,2-4H3. The van der Waals surface area contributed by atoms with Gasteiger partial charge in [-0.15, -0.1) is 6.42 Å². The third-order valence-corrected chi connectivity index (χ3v) is 3.77. The average Bonchev–Trinajstić information content (AvgIpc) is 2.28. The Morgan fingerprint density at radius 2 is 1.94 bits per heavy atom. The molecule has 0 aromatic heterocycles. The predicted octanol–water partition coefficient (Wildman–Crippen LogP) is 1.97. The highest BCUT2D eigenvalue weighted by Crippen LogP contribution is 2.12. The number of nitrogens with one attached hydrogen (secondary N) is 1. The summed E-state index contributed by atoms with van der Waals surface area (Å²) in [6.07, 6.45) is 7.80. The molecule has 16 heavy (non-hydrogen) atoms. The van der Waals surface area contributed by atoms with Crippen LogP contribution in [0, 0.1) is 24.2 Å². The van der Waals surface area contributed by atoms with Gasteiger partial charge in [-0.1, -0.05) is 26.7 Å². The topological polar surface area (TPSA) is 15.3 Å². The molecule has 1 aliphatic rings. The quantitative estimate of drug-likeness (QED) is 0.715. The van der Waals surface area contributed by atoms with Gasteiger partial charge in [0.15, 0.2) is 0 Å². The molecule has 1 aliphatic heterocycles. The van der Waals surface area contributed by atoms with Crippen molar-refractivity contribution < 1.29 is 0 Å². The molecule has 0 saturated carbocycles. The van der Waals surface area contributed by atoms with Gasteiger partial charge in [0.05, 0.1) is 6.54 Å². The molecular formula is C14H26N2. The van der Waals surface area contributed by atoms with Crippen LogP contribution < -0.4 is 5.32 Å². The Labute approximate surface area is 101 Å². The molecule has 1 unspecified atom stereocenters. The summed E-state index contributed by atoms with van der Waals surface area (Å²) in [4.78, 5) is 2.37. The lowest BCUT2D eigenvalue weighted by molar-refractivity contribution is 0.211. The summed E-state index contributed by atoms with van der Waals surface area (Å²) < 4.78 is 0. The van der Waals surface area contributed by atoms with E-state index in [0.29, 0.717) is 6.04 Å². The van der Waals surface area contributed by atoms with Crippen LogP contribution in [0.4, 0.5) is 0 Å². The van der Waals surface area contributed by atoms with Crippen molar-refractivity contribution in [2.45, 2.75) is 39.7 Å². The van der Waals surface area contributed by atoms with Gasteiger partial charge in [0.2, 0.25) is 0 Å². The van der Waals surface area contributed by atoms with Crippen molar-refractivity contribution in [2.75, 3.05) is 26.2 Å². The average molecular weight is 222 g/mol. The predicted molar refractivity (Wildman–Crippen MR) is 70.3 cm³/mol. The second kappa shape index (κ2) is 6.93. The van der Waals surface area contributed by atoms with E-state index in [0.717, 1.165) is 38.0 Å². The van der Waals surface area contributed by atoms with Crippen molar-refractivity contribution in [3.63, 3.8) is 0 Å². The van der Waals surface area contributed by atoms with Gasteiger partial charge < -0.3 is 5.32 Å². The molecule has 92 valence electrons. The van der Waals surface area contributed by atoms with Gasteiger partial charge in [-0.25, -0.2) is 0 Å². The molecule has 0 spiro atoms. The number of hydrogen-bond acceptors (Lipinski definition) is 2. The van der Waals surface area contributed by atoms with Crippen molar-refractivity contribution in [3.8, 4) is 12.3 Å². The van der Waals surface area contributed by atoms with Crippen LogP contribution in [0.15, 0.2) is 0 Å². The van der Waals surface area contributed by atoms with Gasteiger partial charge in [0.1, 0.15) is 0 Å². The van der Waals surface area contributed by atoms with E-state index in [1.165, 1.54) is 12.8 Å². The van der Waals surface area contributed by atoms with Crippen LogP contribution in [0.25, 0.3) is 0 Å². The summed E-state index contributed by atoms with van der Waals surface area (Å²) in [5.41, 5.74) is 0. The van der Waals surface area contributed by atoms with Crippen LogP contribution in [0.1, 0.15) is 33.6 Å². The zero-order chi connectivity index (χ0) is 12.0.